The quantitative estimate of drug-likeness (QED) is 0.499. The molecule has 7 nitrogen and oxygen atoms in total. The second-order valence-electron chi connectivity index (χ2n) is 8.18. The summed E-state index contributed by atoms with van der Waals surface area (Å²) in [6.07, 6.45) is 0. The summed E-state index contributed by atoms with van der Waals surface area (Å²) in [6, 6.07) is 20.5. The van der Waals surface area contributed by atoms with E-state index in [2.05, 4.69) is 45.4 Å². The minimum Gasteiger partial charge on any atom is -0.870 e. The van der Waals surface area contributed by atoms with Crippen LogP contribution in [0.1, 0.15) is 11.1 Å². The van der Waals surface area contributed by atoms with Crippen LogP contribution in [-0.2, 0) is 13.1 Å². The fourth-order valence-corrected chi connectivity index (χ4v) is 3.20. The Balaban J connectivity index is 0. The smallest absolute Gasteiger partial charge is 0.104 e. The molecular formula is C23H40N2O5. The van der Waals surface area contributed by atoms with Crippen LogP contribution in [0.5, 0.6) is 0 Å². The normalized spacial score (nSPS) is 10.9. The van der Waals surface area contributed by atoms with E-state index in [0.29, 0.717) is 17.6 Å². The Morgan fingerprint density at radius 3 is 1.30 bits per heavy atom. The Bertz CT molecular complexity index is 633. The lowest BCUT2D eigenvalue weighted by Gasteiger charge is -2.33. The van der Waals surface area contributed by atoms with Crippen molar-refractivity contribution in [1.29, 1.82) is 0 Å². The van der Waals surface area contributed by atoms with Crippen molar-refractivity contribution in [2.75, 3.05) is 60.6 Å². The zero-order chi connectivity index (χ0) is 20.9. The summed E-state index contributed by atoms with van der Waals surface area (Å²) >= 11 is 0. The van der Waals surface area contributed by atoms with Gasteiger partial charge < -0.3 is 35.2 Å². The zero-order valence-electron chi connectivity index (χ0n) is 18.6. The summed E-state index contributed by atoms with van der Waals surface area (Å²) in [5, 5.41) is 26.9. The van der Waals surface area contributed by atoms with Crippen LogP contribution in [0.25, 0.3) is 0 Å². The predicted molar refractivity (Wildman–Crippen MR) is 118 cm³/mol. The van der Waals surface area contributed by atoms with E-state index in [1.165, 1.54) is 11.1 Å². The molecule has 0 bridgehead atoms. The van der Waals surface area contributed by atoms with E-state index in [9.17, 15) is 0 Å². The number of aliphatic hydroxyl groups is 3. The summed E-state index contributed by atoms with van der Waals surface area (Å²) in [4.78, 5) is 0. The fourth-order valence-electron chi connectivity index (χ4n) is 3.20. The molecule has 0 aromatic heterocycles. The predicted octanol–water partition coefficient (Wildman–Crippen LogP) is 1.52. The molecule has 172 valence electrons. The number of quaternary nitrogens is 2. The van der Waals surface area contributed by atoms with E-state index >= 15 is 0 Å². The molecule has 0 saturated heterocycles. The monoisotopic (exact) mass is 424 g/mol. The third kappa shape index (κ3) is 12.7. The van der Waals surface area contributed by atoms with Gasteiger partial charge in [0.1, 0.15) is 32.7 Å². The SMILES string of the molecule is C[N+](C)(CCO)Cc1ccccc1.C[N+](CCO)(CCO)Cc1ccccc1.[OH-].[OH-]. The maximum Gasteiger partial charge on any atom is 0.104 e. The van der Waals surface area contributed by atoms with Crippen molar-refractivity contribution in [3.05, 3.63) is 71.8 Å². The summed E-state index contributed by atoms with van der Waals surface area (Å²) in [7, 11) is 6.31. The third-order valence-corrected chi connectivity index (χ3v) is 4.85. The second-order valence-corrected chi connectivity index (χ2v) is 8.18. The molecule has 0 unspecified atom stereocenters. The first-order chi connectivity index (χ1) is 13.3. The molecule has 0 aliphatic heterocycles. The van der Waals surface area contributed by atoms with Crippen LogP contribution in [0.2, 0.25) is 0 Å². The van der Waals surface area contributed by atoms with E-state index in [1.54, 1.807) is 0 Å². The summed E-state index contributed by atoms with van der Waals surface area (Å²) in [5.74, 6) is 0. The summed E-state index contributed by atoms with van der Waals surface area (Å²) < 4.78 is 1.51. The van der Waals surface area contributed by atoms with Gasteiger partial charge in [-0.05, 0) is 0 Å². The van der Waals surface area contributed by atoms with E-state index in [0.717, 1.165) is 24.1 Å². The number of benzene rings is 2. The first kappa shape index (κ1) is 30.4. The van der Waals surface area contributed by atoms with Crippen molar-refractivity contribution >= 4 is 0 Å². The molecule has 0 fully saturated rings. The van der Waals surface area contributed by atoms with Gasteiger partial charge in [0, 0.05) is 11.1 Å². The average molecular weight is 425 g/mol. The Morgan fingerprint density at radius 2 is 0.933 bits per heavy atom. The van der Waals surface area contributed by atoms with E-state index in [1.807, 2.05) is 36.4 Å². The van der Waals surface area contributed by atoms with Crippen LogP contribution in [0.15, 0.2) is 60.7 Å². The Labute approximate surface area is 181 Å². The molecule has 2 aromatic carbocycles. The molecule has 0 radical (unpaired) electrons. The van der Waals surface area contributed by atoms with Crippen LogP contribution in [0.4, 0.5) is 0 Å². The molecule has 0 amide bonds. The lowest BCUT2D eigenvalue weighted by molar-refractivity contribution is -0.923. The van der Waals surface area contributed by atoms with Gasteiger partial charge in [0.15, 0.2) is 0 Å². The van der Waals surface area contributed by atoms with Crippen molar-refractivity contribution in [2.45, 2.75) is 13.1 Å². The number of aliphatic hydroxyl groups excluding tert-OH is 3. The lowest BCUT2D eigenvalue weighted by atomic mass is 10.2. The highest BCUT2D eigenvalue weighted by atomic mass is 16.3. The molecule has 2 aromatic rings. The Hall–Kier alpha value is -1.84. The van der Waals surface area contributed by atoms with Crippen molar-refractivity contribution < 1.29 is 35.2 Å². The van der Waals surface area contributed by atoms with Crippen molar-refractivity contribution in [3.8, 4) is 0 Å². The number of rotatable bonds is 10. The molecule has 2 rings (SSSR count). The maximum atomic E-state index is 9.01. The van der Waals surface area contributed by atoms with Crippen LogP contribution >= 0.6 is 0 Å². The molecule has 30 heavy (non-hydrogen) atoms. The minimum atomic E-state index is 0. The summed E-state index contributed by atoms with van der Waals surface area (Å²) in [6.45, 7) is 4.54. The van der Waals surface area contributed by atoms with E-state index < -0.39 is 0 Å². The molecule has 0 spiro atoms. The molecule has 0 aliphatic rings. The number of likely N-dealkylation sites (N-methyl/N-ethyl adjacent to an activating group) is 2. The van der Waals surface area contributed by atoms with Gasteiger partial charge in [-0.2, -0.15) is 0 Å². The van der Waals surface area contributed by atoms with Gasteiger partial charge in [0.2, 0.25) is 0 Å². The maximum absolute atomic E-state index is 9.01. The molecular weight excluding hydrogens is 384 g/mol. The first-order valence-electron chi connectivity index (χ1n) is 9.90. The second kappa shape index (κ2) is 15.9. The van der Waals surface area contributed by atoms with E-state index in [4.69, 9.17) is 15.3 Å². The molecule has 0 heterocycles. The van der Waals surface area contributed by atoms with Crippen LogP contribution in [0.3, 0.4) is 0 Å². The third-order valence-electron chi connectivity index (χ3n) is 4.85. The lowest BCUT2D eigenvalue weighted by Crippen LogP contribution is -2.47. The highest BCUT2D eigenvalue weighted by molar-refractivity contribution is 5.14. The fraction of sp³-hybridized carbons (Fsp3) is 0.478. The molecule has 0 saturated carbocycles. The molecule has 5 N–H and O–H groups in total. The van der Waals surface area contributed by atoms with Gasteiger partial charge in [0.05, 0.1) is 41.0 Å². The van der Waals surface area contributed by atoms with Crippen LogP contribution in [-0.4, -0.2) is 95.8 Å². The van der Waals surface area contributed by atoms with Crippen LogP contribution in [0, 0.1) is 0 Å². The van der Waals surface area contributed by atoms with Gasteiger partial charge in [0.25, 0.3) is 0 Å². The van der Waals surface area contributed by atoms with Gasteiger partial charge in [-0.25, -0.2) is 0 Å². The van der Waals surface area contributed by atoms with Gasteiger partial charge in [-0.1, -0.05) is 60.7 Å². The molecule has 7 heteroatoms. The Kier molecular flexibility index (Phi) is 16.1. The van der Waals surface area contributed by atoms with Gasteiger partial charge in [-0.3, -0.25) is 0 Å². The molecule has 0 aliphatic carbocycles. The van der Waals surface area contributed by atoms with Crippen LogP contribution < -0.4 is 0 Å². The largest absolute Gasteiger partial charge is 0.870 e. The zero-order valence-corrected chi connectivity index (χ0v) is 18.6. The average Bonchev–Trinajstić information content (AvgIpc) is 2.63. The van der Waals surface area contributed by atoms with Crippen molar-refractivity contribution in [3.63, 3.8) is 0 Å². The highest BCUT2D eigenvalue weighted by Crippen LogP contribution is 2.11. The van der Waals surface area contributed by atoms with Gasteiger partial charge >= 0.3 is 0 Å². The van der Waals surface area contributed by atoms with Crippen molar-refractivity contribution in [1.82, 2.24) is 0 Å². The molecule has 0 atom stereocenters. The standard InChI is InChI=1S/C12H20NO2.C11H18NO.2H2O/c1-13(7-9-14,8-10-15)11-12-5-3-2-4-6-12;1-12(2,8-9-13)10-11-6-4-3-5-7-11;;/h2-6,14-15H,7-11H2,1H3;3-7,13H,8-10H2,1-2H3;2*1H2/q2*+1;;/p-2. The Morgan fingerprint density at radius 1 is 0.567 bits per heavy atom. The van der Waals surface area contributed by atoms with E-state index in [-0.39, 0.29) is 30.8 Å². The number of hydrogen-bond donors (Lipinski definition) is 3. The number of nitrogens with zero attached hydrogens (tertiary/aromatic N) is 2. The highest BCUT2D eigenvalue weighted by Gasteiger charge is 2.20. The first-order valence-corrected chi connectivity index (χ1v) is 9.90. The van der Waals surface area contributed by atoms with Gasteiger partial charge in [-0.15, -0.1) is 0 Å². The number of hydrogen-bond acceptors (Lipinski definition) is 5. The van der Waals surface area contributed by atoms with Crippen molar-refractivity contribution in [2.24, 2.45) is 0 Å². The minimum absolute atomic E-state index is 0. The summed E-state index contributed by atoms with van der Waals surface area (Å²) in [5.41, 5.74) is 2.56. The topological polar surface area (TPSA) is 121 Å².